The molecule has 1 N–H and O–H groups in total. The van der Waals surface area contributed by atoms with Crippen LogP contribution in [0.2, 0.25) is 18.1 Å². The zero-order valence-electron chi connectivity index (χ0n) is 13.7. The molecule has 5 heteroatoms. The lowest BCUT2D eigenvalue weighted by Gasteiger charge is -2.38. The second-order valence-corrected chi connectivity index (χ2v) is 11.7. The first-order chi connectivity index (χ1) is 9.17. The lowest BCUT2D eigenvalue weighted by molar-refractivity contribution is -0.146. The van der Waals surface area contributed by atoms with Crippen molar-refractivity contribution >= 4 is 14.3 Å². The number of ether oxygens (including phenoxy) is 1. The van der Waals surface area contributed by atoms with Gasteiger partial charge in [-0.3, -0.25) is 4.79 Å². The number of cyclic esters (lactones) is 1. The van der Waals surface area contributed by atoms with E-state index >= 15 is 0 Å². The van der Waals surface area contributed by atoms with Crippen molar-refractivity contribution < 1.29 is 14.0 Å². The van der Waals surface area contributed by atoms with Gasteiger partial charge in [0.2, 0.25) is 0 Å². The van der Waals surface area contributed by atoms with Gasteiger partial charge in [0.15, 0.2) is 8.32 Å². The summed E-state index contributed by atoms with van der Waals surface area (Å²) in [6.07, 6.45) is 4.55. The number of hydrogen-bond acceptors (Lipinski definition) is 4. The van der Waals surface area contributed by atoms with E-state index in [4.69, 9.17) is 9.16 Å². The van der Waals surface area contributed by atoms with Crippen LogP contribution in [0.25, 0.3) is 0 Å². The summed E-state index contributed by atoms with van der Waals surface area (Å²) in [5.41, 5.74) is 0. The van der Waals surface area contributed by atoms with Gasteiger partial charge >= 0.3 is 5.97 Å². The molecule has 0 saturated carbocycles. The Morgan fingerprint density at radius 3 is 2.65 bits per heavy atom. The zero-order chi connectivity index (χ0) is 15.4. The highest BCUT2D eigenvalue weighted by Gasteiger charge is 2.40. The van der Waals surface area contributed by atoms with Crippen LogP contribution in [0.3, 0.4) is 0 Å². The van der Waals surface area contributed by atoms with Crippen molar-refractivity contribution in [3.8, 4) is 0 Å². The Morgan fingerprint density at radius 1 is 1.45 bits per heavy atom. The molecule has 1 aliphatic rings. The molecule has 0 spiro atoms. The molecule has 0 radical (unpaired) electrons. The first kappa shape index (κ1) is 17.4. The maximum atomic E-state index is 11.9. The molecule has 4 nitrogen and oxygen atoms in total. The molecule has 0 aromatic heterocycles. The Labute approximate surface area is 124 Å². The van der Waals surface area contributed by atoms with E-state index in [1.54, 1.807) is 0 Å². The van der Waals surface area contributed by atoms with Crippen LogP contribution >= 0.6 is 0 Å². The second-order valence-electron chi connectivity index (χ2n) is 6.90. The third-order valence-corrected chi connectivity index (χ3v) is 8.70. The third-order valence-electron chi connectivity index (χ3n) is 4.16. The summed E-state index contributed by atoms with van der Waals surface area (Å²) in [6, 6.07) is -0.251. The summed E-state index contributed by atoms with van der Waals surface area (Å²) < 4.78 is 11.7. The van der Waals surface area contributed by atoms with E-state index in [1.807, 2.05) is 19.1 Å². The Hall–Kier alpha value is -0.653. The first-order valence-corrected chi connectivity index (χ1v) is 10.3. The van der Waals surface area contributed by atoms with Gasteiger partial charge in [0.25, 0.3) is 0 Å². The van der Waals surface area contributed by atoms with Crippen LogP contribution < -0.4 is 5.32 Å². The van der Waals surface area contributed by atoms with Crippen molar-refractivity contribution in [1.29, 1.82) is 0 Å². The minimum atomic E-state index is -1.83. The monoisotopic (exact) mass is 299 g/mol. The van der Waals surface area contributed by atoms with Crippen molar-refractivity contribution in [2.75, 3.05) is 13.2 Å². The number of carbonyl (C=O) groups is 1. The number of carbonyl (C=O) groups excluding carboxylic acids is 1. The predicted octanol–water partition coefficient (Wildman–Crippen LogP) is 2.86. The molecular formula is C15H29NO3Si. The van der Waals surface area contributed by atoms with Gasteiger partial charge in [-0.2, -0.15) is 0 Å². The van der Waals surface area contributed by atoms with Gasteiger partial charge in [0.05, 0.1) is 6.10 Å². The van der Waals surface area contributed by atoms with E-state index in [0.29, 0.717) is 19.6 Å². The Bertz CT molecular complexity index is 361. The van der Waals surface area contributed by atoms with Crippen molar-refractivity contribution in [2.24, 2.45) is 0 Å². The van der Waals surface area contributed by atoms with Crippen molar-refractivity contribution in [2.45, 2.75) is 64.4 Å². The minimum absolute atomic E-state index is 0.0459. The normalized spacial score (nSPS) is 25.6. The highest BCUT2D eigenvalue weighted by Crippen LogP contribution is 2.37. The summed E-state index contributed by atoms with van der Waals surface area (Å²) in [7, 11) is -1.83. The number of hydrogen-bond donors (Lipinski definition) is 1. The standard InChI is InChI=1S/C15H29NO3Si/c1-7-8-9-13-14(17)18-11-12(10-16-13)19-20(5,6)15(2,3)4/h7-8,12-13,16H,9-11H2,1-6H3. The molecule has 2 atom stereocenters. The maximum Gasteiger partial charge on any atom is 0.323 e. The third kappa shape index (κ3) is 4.72. The Morgan fingerprint density at radius 2 is 2.10 bits per heavy atom. The van der Waals surface area contributed by atoms with Crippen LogP contribution in [0.4, 0.5) is 0 Å². The lowest BCUT2D eigenvalue weighted by Crippen LogP contribution is -2.47. The summed E-state index contributed by atoms with van der Waals surface area (Å²) in [4.78, 5) is 11.9. The van der Waals surface area contributed by atoms with E-state index in [1.165, 1.54) is 0 Å². The maximum absolute atomic E-state index is 11.9. The second kappa shape index (κ2) is 6.87. The summed E-state index contributed by atoms with van der Waals surface area (Å²) >= 11 is 0. The van der Waals surface area contributed by atoms with Crippen molar-refractivity contribution in [3.63, 3.8) is 0 Å². The van der Waals surface area contributed by atoms with Gasteiger partial charge in [0.1, 0.15) is 12.6 Å². The molecule has 1 rings (SSSR count). The topological polar surface area (TPSA) is 47.6 Å². The molecule has 116 valence electrons. The molecular weight excluding hydrogens is 270 g/mol. The fourth-order valence-corrected chi connectivity index (χ4v) is 3.15. The highest BCUT2D eigenvalue weighted by molar-refractivity contribution is 6.74. The number of nitrogens with one attached hydrogen (secondary N) is 1. The molecule has 0 aromatic carbocycles. The number of esters is 1. The molecule has 1 saturated heterocycles. The highest BCUT2D eigenvalue weighted by atomic mass is 28.4. The van der Waals surface area contributed by atoms with Gasteiger partial charge in [-0.05, 0) is 31.5 Å². The van der Waals surface area contributed by atoms with Crippen molar-refractivity contribution in [3.05, 3.63) is 12.2 Å². The molecule has 0 amide bonds. The fourth-order valence-electron chi connectivity index (χ4n) is 1.81. The largest absolute Gasteiger partial charge is 0.462 e. The van der Waals surface area contributed by atoms with Gasteiger partial charge in [0, 0.05) is 6.54 Å². The molecule has 0 aromatic rings. The molecule has 1 heterocycles. The molecule has 1 fully saturated rings. The molecule has 0 aliphatic carbocycles. The zero-order valence-corrected chi connectivity index (χ0v) is 14.7. The van der Waals surface area contributed by atoms with Gasteiger partial charge < -0.3 is 14.5 Å². The van der Waals surface area contributed by atoms with E-state index in [2.05, 4.69) is 39.2 Å². The lowest BCUT2D eigenvalue weighted by atomic mass is 10.2. The minimum Gasteiger partial charge on any atom is -0.462 e. The smallest absolute Gasteiger partial charge is 0.323 e. The van der Waals surface area contributed by atoms with Crippen LogP contribution in [-0.4, -0.2) is 39.6 Å². The Balaban J connectivity index is 2.62. The summed E-state index contributed by atoms with van der Waals surface area (Å²) in [5, 5.41) is 3.42. The van der Waals surface area contributed by atoms with Gasteiger partial charge in [-0.15, -0.1) is 0 Å². The predicted molar refractivity (Wildman–Crippen MR) is 84.3 cm³/mol. The molecule has 1 aliphatic heterocycles. The van der Waals surface area contributed by atoms with Crippen molar-refractivity contribution in [1.82, 2.24) is 5.32 Å². The van der Waals surface area contributed by atoms with Gasteiger partial charge in [-0.1, -0.05) is 32.9 Å². The van der Waals surface area contributed by atoms with Crippen LogP contribution in [-0.2, 0) is 14.0 Å². The average Bonchev–Trinajstić information content (AvgIpc) is 2.48. The first-order valence-electron chi connectivity index (χ1n) is 7.36. The molecule has 0 bridgehead atoms. The average molecular weight is 299 g/mol. The molecule has 20 heavy (non-hydrogen) atoms. The van der Waals surface area contributed by atoms with E-state index < -0.39 is 8.32 Å². The quantitative estimate of drug-likeness (QED) is 0.492. The van der Waals surface area contributed by atoms with Crippen LogP contribution in [0.15, 0.2) is 12.2 Å². The van der Waals surface area contributed by atoms with E-state index in [0.717, 1.165) is 0 Å². The number of rotatable bonds is 4. The van der Waals surface area contributed by atoms with E-state index in [9.17, 15) is 4.79 Å². The van der Waals surface area contributed by atoms with E-state index in [-0.39, 0.29) is 23.2 Å². The van der Waals surface area contributed by atoms with Crippen LogP contribution in [0.5, 0.6) is 0 Å². The Kier molecular flexibility index (Phi) is 5.98. The molecule has 2 unspecified atom stereocenters. The van der Waals surface area contributed by atoms with Crippen LogP contribution in [0.1, 0.15) is 34.1 Å². The summed E-state index contributed by atoms with van der Waals surface area (Å²) in [5.74, 6) is -0.176. The summed E-state index contributed by atoms with van der Waals surface area (Å²) in [6.45, 7) is 14.0. The number of allylic oxidation sites excluding steroid dienone is 1. The SMILES string of the molecule is CC=CCC1NCC(O[Si](C)(C)C(C)(C)C)COC1=O. The fraction of sp³-hybridized carbons (Fsp3) is 0.800. The van der Waals surface area contributed by atoms with Crippen LogP contribution in [0, 0.1) is 0 Å². The van der Waals surface area contributed by atoms with Gasteiger partial charge in [-0.25, -0.2) is 0 Å².